The highest BCUT2D eigenvalue weighted by Gasteiger charge is 2.19. The van der Waals surface area contributed by atoms with Crippen molar-refractivity contribution in [3.8, 4) is 0 Å². The van der Waals surface area contributed by atoms with Gasteiger partial charge in [0.15, 0.2) is 0 Å². The molecule has 0 heterocycles. The third-order valence-corrected chi connectivity index (χ3v) is 1.86. The Labute approximate surface area is 79.0 Å². The van der Waals surface area contributed by atoms with E-state index in [4.69, 9.17) is 11.8 Å². The molecule has 0 aliphatic carbocycles. The molecule has 0 fully saturated rings. The van der Waals surface area contributed by atoms with E-state index in [0.29, 0.717) is 0 Å². The quantitative estimate of drug-likeness (QED) is 0.563. The molecule has 0 bridgehead atoms. The SMILES string of the molecule is NOB(ON)c1cccc(Br)c1. The first-order chi connectivity index (χ1) is 5.77. The van der Waals surface area contributed by atoms with Crippen molar-refractivity contribution in [3.63, 3.8) is 0 Å². The van der Waals surface area contributed by atoms with Crippen molar-refractivity contribution in [1.29, 1.82) is 0 Å². The van der Waals surface area contributed by atoms with Crippen molar-refractivity contribution < 1.29 is 9.51 Å². The Kier molecular flexibility index (Phi) is 3.70. The van der Waals surface area contributed by atoms with E-state index in [9.17, 15) is 0 Å². The summed E-state index contributed by atoms with van der Waals surface area (Å²) < 4.78 is 9.86. The molecule has 0 saturated carbocycles. The van der Waals surface area contributed by atoms with Crippen LogP contribution in [0.25, 0.3) is 0 Å². The minimum atomic E-state index is -0.720. The van der Waals surface area contributed by atoms with Gasteiger partial charge < -0.3 is 9.51 Å². The van der Waals surface area contributed by atoms with Gasteiger partial charge in [0.2, 0.25) is 0 Å². The molecule has 1 aromatic carbocycles. The molecule has 1 rings (SSSR count). The van der Waals surface area contributed by atoms with Gasteiger partial charge in [-0.2, -0.15) is 0 Å². The van der Waals surface area contributed by atoms with Crippen LogP contribution < -0.4 is 17.3 Å². The van der Waals surface area contributed by atoms with Crippen molar-refractivity contribution in [2.45, 2.75) is 0 Å². The number of hydrogen-bond acceptors (Lipinski definition) is 4. The smallest absolute Gasteiger partial charge is 0.324 e. The van der Waals surface area contributed by atoms with Gasteiger partial charge in [-0.25, -0.2) is 11.8 Å². The Morgan fingerprint density at radius 2 is 1.92 bits per heavy atom. The monoisotopic (exact) mass is 230 g/mol. The van der Waals surface area contributed by atoms with Gasteiger partial charge in [0.05, 0.1) is 0 Å². The molecule has 4 nitrogen and oxygen atoms in total. The molecule has 4 N–H and O–H groups in total. The van der Waals surface area contributed by atoms with E-state index in [1.807, 2.05) is 18.2 Å². The van der Waals surface area contributed by atoms with Crippen LogP contribution in [0.2, 0.25) is 0 Å². The van der Waals surface area contributed by atoms with Gasteiger partial charge in [0.1, 0.15) is 0 Å². The number of rotatable bonds is 3. The van der Waals surface area contributed by atoms with Crippen molar-refractivity contribution >= 4 is 28.5 Å². The predicted molar refractivity (Wildman–Crippen MR) is 50.1 cm³/mol. The zero-order valence-electron chi connectivity index (χ0n) is 6.24. The number of nitrogens with two attached hydrogens (primary N) is 2. The van der Waals surface area contributed by atoms with Crippen LogP contribution in [0.3, 0.4) is 0 Å². The molecule has 0 amide bonds. The summed E-state index contributed by atoms with van der Waals surface area (Å²) in [5.74, 6) is 9.89. The van der Waals surface area contributed by atoms with Gasteiger partial charge in [0, 0.05) is 4.47 Å². The summed E-state index contributed by atoms with van der Waals surface area (Å²) >= 11 is 3.30. The van der Waals surface area contributed by atoms with E-state index in [1.165, 1.54) is 0 Å². The largest absolute Gasteiger partial charge is 0.528 e. The fourth-order valence-corrected chi connectivity index (χ4v) is 1.26. The highest BCUT2D eigenvalue weighted by Crippen LogP contribution is 2.05. The van der Waals surface area contributed by atoms with Crippen LogP contribution in [0.4, 0.5) is 0 Å². The third kappa shape index (κ3) is 2.29. The number of halogens is 1. The summed E-state index contributed by atoms with van der Waals surface area (Å²) in [4.78, 5) is 0. The molecule has 64 valence electrons. The summed E-state index contributed by atoms with van der Waals surface area (Å²) in [6, 6.07) is 7.33. The van der Waals surface area contributed by atoms with Crippen LogP contribution in [0.1, 0.15) is 0 Å². The van der Waals surface area contributed by atoms with Gasteiger partial charge in [-0.05, 0) is 17.6 Å². The lowest BCUT2D eigenvalue weighted by Crippen LogP contribution is -2.41. The maximum absolute atomic E-state index is 4.95. The first kappa shape index (κ1) is 9.69. The van der Waals surface area contributed by atoms with Crippen molar-refractivity contribution in [2.75, 3.05) is 0 Å². The van der Waals surface area contributed by atoms with E-state index in [-0.39, 0.29) is 0 Å². The Bertz CT molecular complexity index is 257. The van der Waals surface area contributed by atoms with E-state index >= 15 is 0 Å². The lowest BCUT2D eigenvalue weighted by molar-refractivity contribution is 0.215. The maximum atomic E-state index is 4.95. The van der Waals surface area contributed by atoms with E-state index in [1.54, 1.807) is 6.07 Å². The van der Waals surface area contributed by atoms with Crippen LogP contribution in [0, 0.1) is 0 Å². The first-order valence-corrected chi connectivity index (χ1v) is 4.03. The summed E-state index contributed by atoms with van der Waals surface area (Å²) in [5.41, 5.74) is 0.759. The van der Waals surface area contributed by atoms with Crippen LogP contribution in [-0.4, -0.2) is 7.12 Å². The zero-order chi connectivity index (χ0) is 8.97. The standard InChI is InChI=1S/C6H8BBrN2O2/c8-6-3-1-2-5(4-6)7(11-9)12-10/h1-4H,9-10H2. The lowest BCUT2D eigenvalue weighted by atomic mass is 9.80. The molecule has 0 aliphatic heterocycles. The minimum Gasteiger partial charge on any atom is -0.324 e. The second-order valence-corrected chi connectivity index (χ2v) is 3.07. The Morgan fingerprint density at radius 1 is 1.25 bits per heavy atom. The molecule has 0 unspecified atom stereocenters. The van der Waals surface area contributed by atoms with Gasteiger partial charge in [-0.3, -0.25) is 0 Å². The average molecular weight is 231 g/mol. The van der Waals surface area contributed by atoms with Crippen molar-refractivity contribution in [3.05, 3.63) is 28.7 Å². The Morgan fingerprint density at radius 3 is 2.42 bits per heavy atom. The maximum Gasteiger partial charge on any atom is 0.528 e. The molecule has 0 saturated heterocycles. The van der Waals surface area contributed by atoms with E-state index in [2.05, 4.69) is 25.4 Å². The highest BCUT2D eigenvalue weighted by molar-refractivity contribution is 9.10. The predicted octanol–water partition coefficient (Wildman–Crippen LogP) is -0.0751. The Hall–Kier alpha value is -0.395. The van der Waals surface area contributed by atoms with Gasteiger partial charge in [0.25, 0.3) is 0 Å². The fourth-order valence-electron chi connectivity index (χ4n) is 0.842. The van der Waals surface area contributed by atoms with Crippen LogP contribution >= 0.6 is 15.9 Å². The summed E-state index contributed by atoms with van der Waals surface area (Å²) in [6.07, 6.45) is 0. The van der Waals surface area contributed by atoms with E-state index < -0.39 is 7.12 Å². The second-order valence-electron chi connectivity index (χ2n) is 2.16. The molecule has 0 atom stereocenters. The van der Waals surface area contributed by atoms with Crippen LogP contribution in [-0.2, 0) is 9.51 Å². The fraction of sp³-hybridized carbons (Fsp3) is 0. The molecule has 1 aromatic rings. The van der Waals surface area contributed by atoms with Crippen molar-refractivity contribution in [2.24, 2.45) is 11.8 Å². The molecular formula is C6H8BBrN2O2. The number of hydrogen-bond donors (Lipinski definition) is 2. The molecule has 0 aliphatic rings. The normalized spacial score (nSPS) is 9.92. The zero-order valence-corrected chi connectivity index (χ0v) is 7.82. The van der Waals surface area contributed by atoms with Crippen molar-refractivity contribution in [1.82, 2.24) is 0 Å². The molecule has 0 spiro atoms. The van der Waals surface area contributed by atoms with Crippen LogP contribution in [0.5, 0.6) is 0 Å². The summed E-state index contributed by atoms with van der Waals surface area (Å²) in [6.45, 7) is 0. The van der Waals surface area contributed by atoms with Gasteiger partial charge in [-0.1, -0.05) is 28.1 Å². The average Bonchev–Trinajstić information content (AvgIpc) is 2.07. The molecule has 0 radical (unpaired) electrons. The molecule has 0 aromatic heterocycles. The molecule has 12 heavy (non-hydrogen) atoms. The lowest BCUT2D eigenvalue weighted by Gasteiger charge is -2.06. The van der Waals surface area contributed by atoms with E-state index in [0.717, 1.165) is 9.94 Å². The van der Waals surface area contributed by atoms with Crippen LogP contribution in [0.15, 0.2) is 28.7 Å². The summed E-state index contributed by atoms with van der Waals surface area (Å²) in [7, 11) is -0.720. The second kappa shape index (κ2) is 4.59. The topological polar surface area (TPSA) is 70.5 Å². The first-order valence-electron chi connectivity index (χ1n) is 3.24. The Balaban J connectivity index is 2.85. The van der Waals surface area contributed by atoms with Gasteiger partial charge in [-0.15, -0.1) is 0 Å². The molecule has 6 heteroatoms. The van der Waals surface area contributed by atoms with Gasteiger partial charge >= 0.3 is 7.12 Å². The minimum absolute atomic E-state index is 0.720. The third-order valence-electron chi connectivity index (χ3n) is 1.37. The highest BCUT2D eigenvalue weighted by atomic mass is 79.9. The molecular weight excluding hydrogens is 223 g/mol. The summed E-state index contributed by atoms with van der Waals surface area (Å²) in [5, 5.41) is 0. The number of benzene rings is 1.